The molecule has 0 aromatic rings. The van der Waals surface area contributed by atoms with E-state index in [1.807, 2.05) is 6.92 Å². The molecule has 0 spiro atoms. The van der Waals surface area contributed by atoms with Gasteiger partial charge in [-0.3, -0.25) is 4.90 Å². The molecule has 0 bridgehead atoms. The van der Waals surface area contributed by atoms with Gasteiger partial charge in [0.25, 0.3) is 0 Å². The van der Waals surface area contributed by atoms with E-state index in [1.165, 1.54) is 12.8 Å². The Labute approximate surface area is 87.1 Å². The van der Waals surface area contributed by atoms with E-state index in [4.69, 9.17) is 4.74 Å². The minimum absolute atomic E-state index is 0.318. The molecule has 1 fully saturated rings. The molecule has 0 heterocycles. The van der Waals surface area contributed by atoms with Gasteiger partial charge in [0.05, 0.1) is 12.7 Å². The van der Waals surface area contributed by atoms with Gasteiger partial charge in [-0.2, -0.15) is 0 Å². The summed E-state index contributed by atoms with van der Waals surface area (Å²) in [5.74, 6) is 0. The van der Waals surface area contributed by atoms with E-state index in [-0.39, 0.29) is 6.10 Å². The highest BCUT2D eigenvalue weighted by Gasteiger charge is 2.29. The molecule has 1 N–H and O–H groups in total. The standard InChI is InChI=1S/C11H23NO2/c1-3-7-12(10-5-6-10)8-11(13)9-14-4-2/h10-11,13H,3-9H2,1-2H3. The fourth-order valence-electron chi connectivity index (χ4n) is 1.73. The van der Waals surface area contributed by atoms with Crippen LogP contribution >= 0.6 is 0 Å². The summed E-state index contributed by atoms with van der Waals surface area (Å²) >= 11 is 0. The van der Waals surface area contributed by atoms with Gasteiger partial charge in [-0.05, 0) is 32.7 Å². The highest BCUT2D eigenvalue weighted by atomic mass is 16.5. The van der Waals surface area contributed by atoms with Crippen molar-refractivity contribution in [1.29, 1.82) is 0 Å². The molecule has 1 rings (SSSR count). The highest BCUT2D eigenvalue weighted by Crippen LogP contribution is 2.26. The molecular formula is C11H23NO2. The van der Waals surface area contributed by atoms with Crippen LogP contribution in [0.25, 0.3) is 0 Å². The summed E-state index contributed by atoms with van der Waals surface area (Å²) in [6.45, 7) is 7.19. The number of nitrogens with zero attached hydrogens (tertiary/aromatic N) is 1. The summed E-state index contributed by atoms with van der Waals surface area (Å²) in [6, 6.07) is 0.742. The van der Waals surface area contributed by atoms with Crippen LogP contribution in [0.5, 0.6) is 0 Å². The van der Waals surface area contributed by atoms with E-state index in [0.29, 0.717) is 13.2 Å². The first-order valence-corrected chi connectivity index (χ1v) is 5.77. The zero-order chi connectivity index (χ0) is 10.4. The highest BCUT2D eigenvalue weighted by molar-refractivity contribution is 4.85. The first-order valence-electron chi connectivity index (χ1n) is 5.77. The molecule has 1 atom stereocenters. The van der Waals surface area contributed by atoms with Crippen LogP contribution in [0.4, 0.5) is 0 Å². The molecule has 3 nitrogen and oxygen atoms in total. The van der Waals surface area contributed by atoms with Crippen LogP contribution in [0.2, 0.25) is 0 Å². The van der Waals surface area contributed by atoms with Crippen molar-refractivity contribution < 1.29 is 9.84 Å². The molecule has 3 heteroatoms. The summed E-state index contributed by atoms with van der Waals surface area (Å²) < 4.78 is 5.20. The molecule has 0 aliphatic heterocycles. The van der Waals surface area contributed by atoms with E-state index < -0.39 is 0 Å². The van der Waals surface area contributed by atoms with Gasteiger partial charge in [-0.15, -0.1) is 0 Å². The summed E-state index contributed by atoms with van der Waals surface area (Å²) in [5.41, 5.74) is 0. The topological polar surface area (TPSA) is 32.7 Å². The van der Waals surface area contributed by atoms with Crippen molar-refractivity contribution in [3.63, 3.8) is 0 Å². The van der Waals surface area contributed by atoms with Crippen LogP contribution in [-0.2, 0) is 4.74 Å². The average Bonchev–Trinajstić information content (AvgIpc) is 2.97. The Balaban J connectivity index is 2.16. The molecule has 84 valence electrons. The van der Waals surface area contributed by atoms with Gasteiger partial charge in [0.2, 0.25) is 0 Å². The lowest BCUT2D eigenvalue weighted by Gasteiger charge is -2.24. The zero-order valence-corrected chi connectivity index (χ0v) is 9.41. The Kier molecular flexibility index (Phi) is 5.45. The fraction of sp³-hybridized carbons (Fsp3) is 1.00. The number of hydrogen-bond acceptors (Lipinski definition) is 3. The van der Waals surface area contributed by atoms with Crippen molar-refractivity contribution in [2.45, 2.75) is 45.3 Å². The third-order valence-electron chi connectivity index (χ3n) is 2.53. The summed E-state index contributed by atoms with van der Waals surface area (Å²) in [5, 5.41) is 9.69. The summed E-state index contributed by atoms with van der Waals surface area (Å²) in [6.07, 6.45) is 3.46. The minimum atomic E-state index is -0.318. The van der Waals surface area contributed by atoms with E-state index in [0.717, 1.165) is 25.6 Å². The predicted octanol–water partition coefficient (Wildman–Crippen LogP) is 1.26. The van der Waals surface area contributed by atoms with E-state index in [2.05, 4.69) is 11.8 Å². The number of ether oxygens (including phenoxy) is 1. The smallest absolute Gasteiger partial charge is 0.0900 e. The lowest BCUT2D eigenvalue weighted by Crippen LogP contribution is -2.36. The number of hydrogen-bond donors (Lipinski definition) is 1. The quantitative estimate of drug-likeness (QED) is 0.641. The van der Waals surface area contributed by atoms with Crippen molar-refractivity contribution in [2.75, 3.05) is 26.3 Å². The maximum Gasteiger partial charge on any atom is 0.0900 e. The van der Waals surface area contributed by atoms with Crippen LogP contribution in [-0.4, -0.2) is 48.5 Å². The molecular weight excluding hydrogens is 178 g/mol. The Hall–Kier alpha value is -0.120. The van der Waals surface area contributed by atoms with E-state index in [9.17, 15) is 5.11 Å². The van der Waals surface area contributed by atoms with Crippen molar-refractivity contribution >= 4 is 0 Å². The average molecular weight is 201 g/mol. The second-order valence-electron chi connectivity index (χ2n) is 4.04. The lowest BCUT2D eigenvalue weighted by atomic mass is 10.3. The first kappa shape index (κ1) is 12.0. The molecule has 0 saturated heterocycles. The van der Waals surface area contributed by atoms with Gasteiger partial charge < -0.3 is 9.84 Å². The van der Waals surface area contributed by atoms with Gasteiger partial charge in [0.15, 0.2) is 0 Å². The molecule has 0 amide bonds. The zero-order valence-electron chi connectivity index (χ0n) is 9.41. The second-order valence-corrected chi connectivity index (χ2v) is 4.04. The molecule has 0 radical (unpaired) electrons. The van der Waals surface area contributed by atoms with Crippen LogP contribution in [0.3, 0.4) is 0 Å². The molecule has 1 aliphatic rings. The molecule has 14 heavy (non-hydrogen) atoms. The molecule has 1 aliphatic carbocycles. The van der Waals surface area contributed by atoms with Gasteiger partial charge in [-0.25, -0.2) is 0 Å². The van der Waals surface area contributed by atoms with E-state index >= 15 is 0 Å². The molecule has 1 unspecified atom stereocenters. The second kappa shape index (κ2) is 6.38. The van der Waals surface area contributed by atoms with Gasteiger partial charge in [-0.1, -0.05) is 6.92 Å². The van der Waals surface area contributed by atoms with Gasteiger partial charge in [0, 0.05) is 19.2 Å². The van der Waals surface area contributed by atoms with Crippen LogP contribution < -0.4 is 0 Å². The third-order valence-corrected chi connectivity index (χ3v) is 2.53. The number of aliphatic hydroxyl groups excluding tert-OH is 1. The molecule has 1 saturated carbocycles. The number of aliphatic hydroxyl groups is 1. The third kappa shape index (κ3) is 4.40. The van der Waals surface area contributed by atoms with E-state index in [1.54, 1.807) is 0 Å². The van der Waals surface area contributed by atoms with Crippen LogP contribution in [0, 0.1) is 0 Å². The van der Waals surface area contributed by atoms with Crippen LogP contribution in [0.1, 0.15) is 33.1 Å². The van der Waals surface area contributed by atoms with Gasteiger partial charge in [0.1, 0.15) is 0 Å². The van der Waals surface area contributed by atoms with Crippen molar-refractivity contribution in [1.82, 2.24) is 4.90 Å². The summed E-state index contributed by atoms with van der Waals surface area (Å²) in [4.78, 5) is 2.39. The Morgan fingerprint density at radius 3 is 2.64 bits per heavy atom. The molecule has 0 aromatic heterocycles. The first-order chi connectivity index (χ1) is 6.77. The minimum Gasteiger partial charge on any atom is -0.389 e. The van der Waals surface area contributed by atoms with Crippen molar-refractivity contribution in [3.8, 4) is 0 Å². The summed E-state index contributed by atoms with van der Waals surface area (Å²) in [7, 11) is 0. The Morgan fingerprint density at radius 1 is 1.43 bits per heavy atom. The SMILES string of the molecule is CCCN(CC(O)COCC)C1CC1. The van der Waals surface area contributed by atoms with Crippen LogP contribution in [0.15, 0.2) is 0 Å². The fourth-order valence-corrected chi connectivity index (χ4v) is 1.73. The maximum absolute atomic E-state index is 9.69. The Bertz CT molecular complexity index is 148. The molecule has 0 aromatic carbocycles. The monoisotopic (exact) mass is 201 g/mol. The Morgan fingerprint density at radius 2 is 2.14 bits per heavy atom. The maximum atomic E-state index is 9.69. The number of rotatable bonds is 8. The van der Waals surface area contributed by atoms with Crippen molar-refractivity contribution in [2.24, 2.45) is 0 Å². The van der Waals surface area contributed by atoms with Crippen molar-refractivity contribution in [3.05, 3.63) is 0 Å². The van der Waals surface area contributed by atoms with Gasteiger partial charge >= 0.3 is 0 Å². The largest absolute Gasteiger partial charge is 0.389 e. The predicted molar refractivity (Wildman–Crippen MR) is 57.4 cm³/mol. The normalized spacial score (nSPS) is 18.9. The lowest BCUT2D eigenvalue weighted by molar-refractivity contribution is 0.0195.